The van der Waals surface area contributed by atoms with Gasteiger partial charge in [0, 0.05) is 11.6 Å². The van der Waals surface area contributed by atoms with E-state index >= 15 is 0 Å². The Morgan fingerprint density at radius 1 is 1.19 bits per heavy atom. The van der Waals surface area contributed by atoms with Gasteiger partial charge < -0.3 is 14.9 Å². The highest BCUT2D eigenvalue weighted by Crippen LogP contribution is 2.28. The monoisotopic (exact) mass is 290 g/mol. The fraction of sp³-hybridized carbons (Fsp3) is 0.294. The quantitative estimate of drug-likeness (QED) is 0.889. The van der Waals surface area contributed by atoms with E-state index in [-0.39, 0.29) is 12.4 Å². The predicted octanol–water partition coefficient (Wildman–Crippen LogP) is 3.17. The van der Waals surface area contributed by atoms with Crippen LogP contribution in [0.2, 0.25) is 0 Å². The van der Waals surface area contributed by atoms with Crippen molar-refractivity contribution in [3.8, 4) is 5.75 Å². The van der Waals surface area contributed by atoms with E-state index in [1.54, 1.807) is 26.0 Å². The zero-order valence-corrected chi connectivity index (χ0v) is 12.1. The van der Waals surface area contributed by atoms with Gasteiger partial charge in [-0.1, -0.05) is 30.3 Å². The second kappa shape index (κ2) is 6.24. The topological polar surface area (TPSA) is 49.7 Å². The SMILES string of the molecule is C[C@H](O)c1ccc(F)cc1OCC(C)(O)c1ccccc1. The smallest absolute Gasteiger partial charge is 0.128 e. The molecule has 0 aliphatic carbocycles. The summed E-state index contributed by atoms with van der Waals surface area (Å²) in [5.74, 6) is -0.213. The largest absolute Gasteiger partial charge is 0.490 e. The number of halogens is 1. The molecule has 0 amide bonds. The Bertz CT molecular complexity index is 594. The maximum absolute atomic E-state index is 13.3. The molecule has 0 aliphatic heterocycles. The summed E-state index contributed by atoms with van der Waals surface area (Å²) in [6.07, 6.45) is -0.776. The van der Waals surface area contributed by atoms with Crippen LogP contribution in [-0.4, -0.2) is 16.8 Å². The second-order valence-corrected chi connectivity index (χ2v) is 5.29. The molecule has 21 heavy (non-hydrogen) atoms. The molecule has 0 saturated heterocycles. The van der Waals surface area contributed by atoms with Crippen molar-refractivity contribution in [3.63, 3.8) is 0 Å². The van der Waals surface area contributed by atoms with Gasteiger partial charge in [-0.15, -0.1) is 0 Å². The van der Waals surface area contributed by atoms with Crippen LogP contribution in [0.25, 0.3) is 0 Å². The molecule has 0 heterocycles. The number of aliphatic hydroxyl groups excluding tert-OH is 1. The van der Waals surface area contributed by atoms with Crippen LogP contribution < -0.4 is 4.74 Å². The molecule has 0 saturated carbocycles. The summed E-state index contributed by atoms with van der Waals surface area (Å²) in [5.41, 5.74) is -0.0101. The van der Waals surface area contributed by atoms with Crippen molar-refractivity contribution in [2.24, 2.45) is 0 Å². The summed E-state index contributed by atoms with van der Waals surface area (Å²) in [6.45, 7) is 3.17. The third-order valence-corrected chi connectivity index (χ3v) is 3.33. The van der Waals surface area contributed by atoms with E-state index < -0.39 is 17.5 Å². The summed E-state index contributed by atoms with van der Waals surface area (Å²) in [7, 11) is 0. The van der Waals surface area contributed by atoms with Crippen LogP contribution >= 0.6 is 0 Å². The predicted molar refractivity (Wildman–Crippen MR) is 78.5 cm³/mol. The lowest BCUT2D eigenvalue weighted by Crippen LogP contribution is -2.29. The van der Waals surface area contributed by atoms with Crippen LogP contribution in [0.3, 0.4) is 0 Å². The Kier molecular flexibility index (Phi) is 4.60. The Hall–Kier alpha value is -1.91. The van der Waals surface area contributed by atoms with Crippen LogP contribution in [0.15, 0.2) is 48.5 Å². The minimum Gasteiger partial charge on any atom is -0.490 e. The second-order valence-electron chi connectivity index (χ2n) is 5.29. The number of rotatable bonds is 5. The fourth-order valence-electron chi connectivity index (χ4n) is 2.08. The van der Waals surface area contributed by atoms with Crippen molar-refractivity contribution < 1.29 is 19.3 Å². The van der Waals surface area contributed by atoms with Gasteiger partial charge in [0.25, 0.3) is 0 Å². The summed E-state index contributed by atoms with van der Waals surface area (Å²) < 4.78 is 18.9. The molecule has 0 spiro atoms. The van der Waals surface area contributed by atoms with Gasteiger partial charge in [0.05, 0.1) is 6.10 Å². The van der Waals surface area contributed by atoms with Gasteiger partial charge in [-0.05, 0) is 31.5 Å². The molecule has 2 atom stereocenters. The Labute approximate surface area is 123 Å². The molecule has 0 radical (unpaired) electrons. The van der Waals surface area contributed by atoms with E-state index in [2.05, 4.69) is 0 Å². The van der Waals surface area contributed by atoms with E-state index in [4.69, 9.17) is 4.74 Å². The molecule has 112 valence electrons. The molecular formula is C17H19FO3. The first-order chi connectivity index (χ1) is 9.90. The maximum atomic E-state index is 13.3. The van der Waals surface area contributed by atoms with Crippen molar-refractivity contribution in [2.75, 3.05) is 6.61 Å². The van der Waals surface area contributed by atoms with Gasteiger partial charge in [0.1, 0.15) is 23.8 Å². The van der Waals surface area contributed by atoms with Crippen molar-refractivity contribution in [3.05, 3.63) is 65.5 Å². The third kappa shape index (κ3) is 3.80. The highest BCUT2D eigenvalue weighted by Gasteiger charge is 2.24. The highest BCUT2D eigenvalue weighted by molar-refractivity contribution is 5.35. The lowest BCUT2D eigenvalue weighted by molar-refractivity contribution is 0.00646. The minimum atomic E-state index is -1.20. The molecule has 4 heteroatoms. The van der Waals surface area contributed by atoms with Gasteiger partial charge in [0.15, 0.2) is 0 Å². The summed E-state index contributed by atoms with van der Waals surface area (Å²) in [6, 6.07) is 13.1. The van der Waals surface area contributed by atoms with Crippen molar-refractivity contribution in [1.82, 2.24) is 0 Å². The molecule has 2 rings (SSSR count). The normalized spacial score (nSPS) is 15.3. The molecule has 2 N–H and O–H groups in total. The number of aliphatic hydroxyl groups is 2. The van der Waals surface area contributed by atoms with E-state index in [0.29, 0.717) is 11.1 Å². The number of hydrogen-bond acceptors (Lipinski definition) is 3. The lowest BCUT2D eigenvalue weighted by Gasteiger charge is -2.25. The zero-order valence-electron chi connectivity index (χ0n) is 12.1. The zero-order chi connectivity index (χ0) is 15.5. The summed E-state index contributed by atoms with van der Waals surface area (Å²) >= 11 is 0. The first-order valence-electron chi connectivity index (χ1n) is 6.78. The maximum Gasteiger partial charge on any atom is 0.128 e. The van der Waals surface area contributed by atoms with Crippen LogP contribution in [0, 0.1) is 5.82 Å². The first kappa shape index (κ1) is 15.5. The van der Waals surface area contributed by atoms with Gasteiger partial charge in [-0.3, -0.25) is 0 Å². The van der Waals surface area contributed by atoms with Crippen LogP contribution in [0.4, 0.5) is 4.39 Å². The average molecular weight is 290 g/mol. The minimum absolute atomic E-state index is 0.0415. The van der Waals surface area contributed by atoms with Crippen LogP contribution in [0.1, 0.15) is 31.1 Å². The number of ether oxygens (including phenoxy) is 1. The molecule has 0 aromatic heterocycles. The van der Waals surface area contributed by atoms with E-state index in [0.717, 1.165) is 0 Å². The Balaban J connectivity index is 2.18. The first-order valence-corrected chi connectivity index (χ1v) is 6.78. The fourth-order valence-corrected chi connectivity index (χ4v) is 2.08. The third-order valence-electron chi connectivity index (χ3n) is 3.33. The van der Waals surface area contributed by atoms with E-state index in [1.165, 1.54) is 18.2 Å². The molecule has 2 aromatic carbocycles. The Morgan fingerprint density at radius 2 is 1.86 bits per heavy atom. The number of benzene rings is 2. The molecule has 0 fully saturated rings. The van der Waals surface area contributed by atoms with Gasteiger partial charge in [0.2, 0.25) is 0 Å². The Morgan fingerprint density at radius 3 is 2.48 bits per heavy atom. The van der Waals surface area contributed by atoms with Gasteiger partial charge in [-0.25, -0.2) is 4.39 Å². The van der Waals surface area contributed by atoms with E-state index in [1.807, 2.05) is 18.2 Å². The lowest BCUT2D eigenvalue weighted by atomic mass is 9.97. The summed E-state index contributed by atoms with van der Waals surface area (Å²) in [5, 5.41) is 20.1. The average Bonchev–Trinajstić information content (AvgIpc) is 2.46. The molecule has 3 nitrogen and oxygen atoms in total. The molecule has 0 bridgehead atoms. The van der Waals surface area contributed by atoms with Gasteiger partial charge in [-0.2, -0.15) is 0 Å². The van der Waals surface area contributed by atoms with Crippen LogP contribution in [0.5, 0.6) is 5.75 Å². The van der Waals surface area contributed by atoms with Crippen LogP contribution in [-0.2, 0) is 5.60 Å². The molecule has 2 aromatic rings. The summed E-state index contributed by atoms with van der Waals surface area (Å²) in [4.78, 5) is 0. The number of hydrogen-bond donors (Lipinski definition) is 2. The highest BCUT2D eigenvalue weighted by atomic mass is 19.1. The van der Waals surface area contributed by atoms with Crippen molar-refractivity contribution in [1.29, 1.82) is 0 Å². The molecule has 0 aliphatic rings. The molecule has 1 unspecified atom stereocenters. The van der Waals surface area contributed by atoms with Crippen molar-refractivity contribution >= 4 is 0 Å². The van der Waals surface area contributed by atoms with E-state index in [9.17, 15) is 14.6 Å². The van der Waals surface area contributed by atoms with Crippen molar-refractivity contribution in [2.45, 2.75) is 25.6 Å². The standard InChI is InChI=1S/C17H19FO3/c1-12(19)15-9-8-14(18)10-16(15)21-11-17(2,20)13-6-4-3-5-7-13/h3-10,12,19-20H,11H2,1-2H3/t12-,17?/m0/s1. The molecular weight excluding hydrogens is 271 g/mol. The van der Waals surface area contributed by atoms with Gasteiger partial charge >= 0.3 is 0 Å².